The van der Waals surface area contributed by atoms with Crippen molar-refractivity contribution in [2.75, 3.05) is 19.6 Å². The zero-order valence-corrected chi connectivity index (χ0v) is 22.6. The third-order valence-corrected chi connectivity index (χ3v) is 8.10. The van der Waals surface area contributed by atoms with Crippen molar-refractivity contribution in [3.8, 4) is 0 Å². The lowest BCUT2D eigenvalue weighted by Gasteiger charge is -2.48. The quantitative estimate of drug-likeness (QED) is 0.443. The van der Waals surface area contributed by atoms with Crippen LogP contribution in [0.3, 0.4) is 0 Å². The van der Waals surface area contributed by atoms with Crippen molar-refractivity contribution in [1.82, 2.24) is 14.7 Å². The Morgan fingerprint density at radius 1 is 0.923 bits per heavy atom. The van der Waals surface area contributed by atoms with E-state index in [0.717, 1.165) is 36.3 Å². The predicted octanol–water partition coefficient (Wildman–Crippen LogP) is 4.87. The molecule has 204 valence electrons. The van der Waals surface area contributed by atoms with Crippen LogP contribution in [0, 0.1) is 5.82 Å². The van der Waals surface area contributed by atoms with Gasteiger partial charge in [0.1, 0.15) is 12.2 Å². The number of benzene rings is 3. The van der Waals surface area contributed by atoms with Crippen LogP contribution in [0.5, 0.6) is 0 Å². The highest BCUT2D eigenvalue weighted by Crippen LogP contribution is 2.35. The van der Waals surface area contributed by atoms with Crippen LogP contribution in [0.4, 0.5) is 4.39 Å². The van der Waals surface area contributed by atoms with Crippen molar-refractivity contribution < 1.29 is 19.1 Å². The number of carbonyl (C=O) groups excluding carboxylic acids is 1. The van der Waals surface area contributed by atoms with Crippen molar-refractivity contribution in [3.05, 3.63) is 106 Å². The van der Waals surface area contributed by atoms with Gasteiger partial charge < -0.3 is 10.0 Å². The molecule has 1 N–H and O–H groups in total. The number of carboxylic acid groups (broad SMARTS) is 1. The molecular formula is C32H36FN3O3. The molecule has 0 spiro atoms. The normalized spacial score (nSPS) is 20.8. The van der Waals surface area contributed by atoms with E-state index in [1.807, 2.05) is 12.1 Å². The van der Waals surface area contributed by atoms with Gasteiger partial charge in [-0.25, -0.2) is 4.39 Å². The molecule has 0 radical (unpaired) electrons. The fraction of sp³-hybridized carbons (Fsp3) is 0.375. The van der Waals surface area contributed by atoms with Gasteiger partial charge in [0.25, 0.3) is 0 Å². The van der Waals surface area contributed by atoms with E-state index in [-0.39, 0.29) is 23.8 Å². The first-order chi connectivity index (χ1) is 18.8. The molecule has 3 aromatic rings. The zero-order valence-electron chi connectivity index (χ0n) is 22.6. The van der Waals surface area contributed by atoms with Gasteiger partial charge in [0.15, 0.2) is 0 Å². The second-order valence-electron chi connectivity index (χ2n) is 10.9. The predicted molar refractivity (Wildman–Crippen MR) is 149 cm³/mol. The average molecular weight is 530 g/mol. The molecule has 3 atom stereocenters. The molecule has 0 bridgehead atoms. The molecule has 1 amide bonds. The minimum absolute atomic E-state index is 0.146. The lowest BCUT2D eigenvalue weighted by Crippen LogP contribution is -2.56. The average Bonchev–Trinajstić information content (AvgIpc) is 2.91. The maximum atomic E-state index is 14.5. The number of piperazine rings is 1. The summed E-state index contributed by atoms with van der Waals surface area (Å²) in [6.07, 6.45) is 0.195. The Hall–Kier alpha value is -3.55. The molecule has 2 aliphatic heterocycles. The number of hydrogen-bond donors (Lipinski definition) is 1. The van der Waals surface area contributed by atoms with Crippen molar-refractivity contribution in [1.29, 1.82) is 0 Å². The van der Waals surface area contributed by atoms with Gasteiger partial charge in [-0.2, -0.15) is 0 Å². The van der Waals surface area contributed by atoms with Crippen LogP contribution in [0.25, 0.3) is 0 Å². The number of nitrogens with zero attached hydrogens (tertiary/aromatic N) is 3. The maximum absolute atomic E-state index is 14.5. The SMILES string of the molecule is C[C@@H]1CN([C@@H](c2cccc(F)c2)c2ccc3c(c2)CN(C(=O)CC(=O)O)CC3)[C@@H](C)CN1Cc1ccccc1. The fourth-order valence-corrected chi connectivity index (χ4v) is 6.08. The number of aliphatic carboxylic acids is 1. The number of rotatable bonds is 7. The highest BCUT2D eigenvalue weighted by molar-refractivity contribution is 5.93. The van der Waals surface area contributed by atoms with Crippen LogP contribution in [-0.2, 0) is 29.1 Å². The number of amides is 1. The molecule has 0 unspecified atom stereocenters. The summed E-state index contributed by atoms with van der Waals surface area (Å²) < 4.78 is 14.5. The van der Waals surface area contributed by atoms with Crippen LogP contribution in [0.2, 0.25) is 0 Å². The van der Waals surface area contributed by atoms with Crippen molar-refractivity contribution in [2.45, 2.75) is 57.9 Å². The molecule has 7 heteroatoms. The van der Waals surface area contributed by atoms with E-state index < -0.39 is 12.4 Å². The van der Waals surface area contributed by atoms with E-state index in [1.54, 1.807) is 17.0 Å². The first kappa shape index (κ1) is 27.0. The van der Waals surface area contributed by atoms with Crippen molar-refractivity contribution in [2.24, 2.45) is 0 Å². The largest absolute Gasteiger partial charge is 0.481 e. The van der Waals surface area contributed by atoms with Gasteiger partial charge in [0, 0.05) is 44.8 Å². The van der Waals surface area contributed by atoms with Crippen LogP contribution < -0.4 is 0 Å². The smallest absolute Gasteiger partial charge is 0.312 e. The molecule has 0 aromatic heterocycles. The minimum Gasteiger partial charge on any atom is -0.481 e. The lowest BCUT2D eigenvalue weighted by molar-refractivity contribution is -0.144. The molecular weight excluding hydrogens is 493 g/mol. The van der Waals surface area contributed by atoms with E-state index in [4.69, 9.17) is 5.11 Å². The second-order valence-corrected chi connectivity index (χ2v) is 10.9. The van der Waals surface area contributed by atoms with Crippen LogP contribution in [0.1, 0.15) is 54.1 Å². The van der Waals surface area contributed by atoms with Gasteiger partial charge in [-0.1, -0.05) is 60.7 Å². The molecule has 0 aliphatic carbocycles. The van der Waals surface area contributed by atoms with E-state index >= 15 is 0 Å². The van der Waals surface area contributed by atoms with Gasteiger partial charge in [-0.05, 0) is 60.2 Å². The third-order valence-electron chi connectivity index (χ3n) is 8.10. The molecule has 3 aromatic carbocycles. The molecule has 1 saturated heterocycles. The third kappa shape index (κ3) is 6.21. The highest BCUT2D eigenvalue weighted by atomic mass is 19.1. The minimum atomic E-state index is -1.11. The Morgan fingerprint density at radius 2 is 1.69 bits per heavy atom. The number of fused-ring (bicyclic) bond motifs is 1. The standard InChI is InChI=1S/C32H36FN3O3/c1-22-19-36(23(2)18-35(22)20-24-7-4-3-5-8-24)32(26-9-6-10-29(33)16-26)27-12-11-25-13-14-34(21-28(25)15-27)30(37)17-31(38)39/h3-12,15-16,22-23,32H,13-14,17-21H2,1-2H3,(H,38,39)/t22-,23+,32+/m1/s1. The molecule has 5 rings (SSSR count). The Labute approximate surface area is 229 Å². The summed E-state index contributed by atoms with van der Waals surface area (Å²) in [7, 11) is 0. The summed E-state index contributed by atoms with van der Waals surface area (Å²) in [5.41, 5.74) is 5.46. The number of halogens is 1. The fourth-order valence-electron chi connectivity index (χ4n) is 6.08. The van der Waals surface area contributed by atoms with Crippen LogP contribution in [-0.4, -0.2) is 63.4 Å². The Balaban J connectivity index is 1.44. The highest BCUT2D eigenvalue weighted by Gasteiger charge is 2.35. The van der Waals surface area contributed by atoms with E-state index in [1.165, 1.54) is 17.2 Å². The summed E-state index contributed by atoms with van der Waals surface area (Å²) in [5.74, 6) is -1.73. The summed E-state index contributed by atoms with van der Waals surface area (Å²) in [6, 6.07) is 24.2. The Bertz CT molecular complexity index is 1330. The van der Waals surface area contributed by atoms with Crippen LogP contribution >= 0.6 is 0 Å². The molecule has 0 saturated carbocycles. The first-order valence-corrected chi connectivity index (χ1v) is 13.7. The number of carboxylic acids is 1. The van der Waals surface area contributed by atoms with Gasteiger partial charge >= 0.3 is 5.97 Å². The second kappa shape index (κ2) is 11.7. The van der Waals surface area contributed by atoms with E-state index in [2.05, 4.69) is 66.1 Å². The van der Waals surface area contributed by atoms with Gasteiger partial charge in [0.05, 0.1) is 6.04 Å². The van der Waals surface area contributed by atoms with Gasteiger partial charge in [-0.15, -0.1) is 0 Å². The lowest BCUT2D eigenvalue weighted by atomic mass is 9.89. The first-order valence-electron chi connectivity index (χ1n) is 13.7. The van der Waals surface area contributed by atoms with Gasteiger partial charge in [-0.3, -0.25) is 19.4 Å². The van der Waals surface area contributed by atoms with E-state index in [0.29, 0.717) is 25.6 Å². The maximum Gasteiger partial charge on any atom is 0.312 e. The summed E-state index contributed by atoms with van der Waals surface area (Å²) in [5, 5.41) is 9.08. The number of carbonyl (C=O) groups is 2. The van der Waals surface area contributed by atoms with Crippen molar-refractivity contribution >= 4 is 11.9 Å². The summed E-state index contributed by atoms with van der Waals surface area (Å²) >= 11 is 0. The molecule has 6 nitrogen and oxygen atoms in total. The molecule has 2 heterocycles. The number of hydrogen-bond acceptors (Lipinski definition) is 4. The topological polar surface area (TPSA) is 64.1 Å². The van der Waals surface area contributed by atoms with E-state index in [9.17, 15) is 14.0 Å². The van der Waals surface area contributed by atoms with Crippen molar-refractivity contribution in [3.63, 3.8) is 0 Å². The Morgan fingerprint density at radius 3 is 2.44 bits per heavy atom. The monoisotopic (exact) mass is 529 g/mol. The summed E-state index contributed by atoms with van der Waals surface area (Å²) in [4.78, 5) is 30.2. The van der Waals surface area contributed by atoms with Crippen LogP contribution in [0.15, 0.2) is 72.8 Å². The molecule has 1 fully saturated rings. The zero-order chi connectivity index (χ0) is 27.5. The Kier molecular flexibility index (Phi) is 8.10. The van der Waals surface area contributed by atoms with Gasteiger partial charge in [0.2, 0.25) is 5.91 Å². The molecule has 39 heavy (non-hydrogen) atoms. The molecule has 2 aliphatic rings. The summed E-state index contributed by atoms with van der Waals surface area (Å²) in [6.45, 7) is 8.01.